The molecular weight excluding hydrogens is 276 g/mol. The second kappa shape index (κ2) is 7.80. The van der Waals surface area contributed by atoms with E-state index in [9.17, 15) is 4.79 Å². The zero-order chi connectivity index (χ0) is 15.9. The third-order valence-electron chi connectivity index (χ3n) is 2.27. The van der Waals surface area contributed by atoms with Gasteiger partial charge in [-0.25, -0.2) is 4.79 Å². The zero-order valence-corrected chi connectivity index (χ0v) is 12.5. The fraction of sp³-hybridized carbons (Fsp3) is 0.571. The molecule has 1 aromatic rings. The first kappa shape index (κ1) is 17.2. The highest BCUT2D eigenvalue weighted by Gasteiger charge is 2.15. The van der Waals surface area contributed by atoms with Gasteiger partial charge in [0.2, 0.25) is 0 Å². The molecule has 0 fully saturated rings. The third-order valence-corrected chi connectivity index (χ3v) is 2.27. The van der Waals surface area contributed by atoms with Gasteiger partial charge in [-0.2, -0.15) is 0 Å². The lowest BCUT2D eigenvalue weighted by atomic mass is 10.2. The van der Waals surface area contributed by atoms with E-state index >= 15 is 0 Å². The Morgan fingerprint density at radius 1 is 1.24 bits per heavy atom. The standard InChI is InChI=1S/C14H22N2O5/c1-14(2,3)21-13(19)15-4-5-20-12-6-10(8-17)16-11(7-12)9-18/h6-7,17-18H,4-5,8-9H2,1-3H3,(H,15,19). The highest BCUT2D eigenvalue weighted by molar-refractivity contribution is 5.67. The minimum atomic E-state index is -0.540. The normalized spacial score (nSPS) is 11.1. The lowest BCUT2D eigenvalue weighted by molar-refractivity contribution is 0.0520. The van der Waals surface area contributed by atoms with Gasteiger partial charge in [0.15, 0.2) is 0 Å². The van der Waals surface area contributed by atoms with E-state index in [1.807, 2.05) is 0 Å². The molecule has 0 saturated heterocycles. The third kappa shape index (κ3) is 6.92. The van der Waals surface area contributed by atoms with Crippen molar-refractivity contribution in [1.29, 1.82) is 0 Å². The van der Waals surface area contributed by atoms with Crippen molar-refractivity contribution in [1.82, 2.24) is 10.3 Å². The van der Waals surface area contributed by atoms with Crippen molar-refractivity contribution in [2.45, 2.75) is 39.6 Å². The quantitative estimate of drug-likeness (QED) is 0.677. The largest absolute Gasteiger partial charge is 0.492 e. The molecular formula is C14H22N2O5. The van der Waals surface area contributed by atoms with Gasteiger partial charge in [-0.1, -0.05) is 0 Å². The van der Waals surface area contributed by atoms with Crippen molar-refractivity contribution in [3.63, 3.8) is 0 Å². The van der Waals surface area contributed by atoms with Crippen LogP contribution in [0.15, 0.2) is 12.1 Å². The van der Waals surface area contributed by atoms with Crippen LogP contribution in [-0.2, 0) is 18.0 Å². The molecule has 0 aromatic carbocycles. The number of ether oxygens (including phenoxy) is 2. The van der Waals surface area contributed by atoms with E-state index in [0.29, 0.717) is 17.1 Å². The molecule has 21 heavy (non-hydrogen) atoms. The number of nitrogens with zero attached hydrogens (tertiary/aromatic N) is 1. The van der Waals surface area contributed by atoms with Crippen molar-refractivity contribution >= 4 is 6.09 Å². The van der Waals surface area contributed by atoms with E-state index in [-0.39, 0.29) is 26.4 Å². The summed E-state index contributed by atoms with van der Waals surface area (Å²) in [6.45, 7) is 5.40. The van der Waals surface area contributed by atoms with Crippen LogP contribution in [0.25, 0.3) is 0 Å². The Hall–Kier alpha value is -1.86. The number of carbonyl (C=O) groups excluding carboxylic acids is 1. The van der Waals surface area contributed by atoms with Gasteiger partial charge < -0.3 is 25.0 Å². The molecule has 1 heterocycles. The molecule has 0 aliphatic rings. The van der Waals surface area contributed by atoms with E-state index in [2.05, 4.69) is 10.3 Å². The van der Waals surface area contributed by atoms with Gasteiger partial charge in [0.05, 0.1) is 31.1 Å². The highest BCUT2D eigenvalue weighted by atomic mass is 16.6. The molecule has 1 aromatic heterocycles. The summed E-state index contributed by atoms with van der Waals surface area (Å²) in [5.41, 5.74) is 0.288. The molecule has 0 aliphatic carbocycles. The van der Waals surface area contributed by atoms with Gasteiger partial charge in [-0.05, 0) is 20.8 Å². The Morgan fingerprint density at radius 2 is 1.81 bits per heavy atom. The van der Waals surface area contributed by atoms with Crippen LogP contribution >= 0.6 is 0 Å². The number of rotatable bonds is 6. The number of aromatic nitrogens is 1. The fourth-order valence-electron chi connectivity index (χ4n) is 1.50. The second-order valence-corrected chi connectivity index (χ2v) is 5.38. The molecule has 0 aliphatic heterocycles. The topological polar surface area (TPSA) is 101 Å². The molecule has 7 heteroatoms. The number of pyridine rings is 1. The van der Waals surface area contributed by atoms with Crippen molar-refractivity contribution in [2.75, 3.05) is 13.2 Å². The molecule has 0 radical (unpaired) electrons. The van der Waals surface area contributed by atoms with Gasteiger partial charge >= 0.3 is 6.09 Å². The van der Waals surface area contributed by atoms with Crippen LogP contribution in [-0.4, -0.2) is 40.0 Å². The fourth-order valence-corrected chi connectivity index (χ4v) is 1.50. The molecule has 1 amide bonds. The zero-order valence-electron chi connectivity index (χ0n) is 12.5. The monoisotopic (exact) mass is 298 g/mol. The summed E-state index contributed by atoms with van der Waals surface area (Å²) in [6.07, 6.45) is -0.507. The predicted octanol–water partition coefficient (Wildman–Crippen LogP) is 0.970. The number of carbonyl (C=O) groups is 1. The summed E-state index contributed by atoms with van der Waals surface area (Å²) >= 11 is 0. The first-order chi connectivity index (χ1) is 9.84. The van der Waals surface area contributed by atoms with Crippen LogP contribution in [0.4, 0.5) is 4.79 Å². The van der Waals surface area contributed by atoms with E-state index in [4.69, 9.17) is 19.7 Å². The Balaban J connectivity index is 2.40. The van der Waals surface area contributed by atoms with E-state index in [0.717, 1.165) is 0 Å². The summed E-state index contributed by atoms with van der Waals surface area (Å²) in [6, 6.07) is 3.15. The number of aliphatic hydroxyl groups is 2. The van der Waals surface area contributed by atoms with Crippen LogP contribution in [0.3, 0.4) is 0 Å². The van der Waals surface area contributed by atoms with Crippen LogP contribution < -0.4 is 10.1 Å². The number of alkyl carbamates (subject to hydrolysis) is 1. The predicted molar refractivity (Wildman–Crippen MR) is 75.8 cm³/mol. The molecule has 0 unspecified atom stereocenters. The second-order valence-electron chi connectivity index (χ2n) is 5.38. The molecule has 0 bridgehead atoms. The summed E-state index contributed by atoms with van der Waals surface area (Å²) in [5.74, 6) is 0.476. The number of hydrogen-bond acceptors (Lipinski definition) is 6. The maximum atomic E-state index is 11.4. The van der Waals surface area contributed by atoms with E-state index in [1.54, 1.807) is 32.9 Å². The van der Waals surface area contributed by atoms with Crippen molar-refractivity contribution in [3.8, 4) is 5.75 Å². The Bertz CT molecular complexity index is 449. The van der Waals surface area contributed by atoms with Crippen LogP contribution in [0.5, 0.6) is 5.75 Å². The Morgan fingerprint density at radius 3 is 2.29 bits per heavy atom. The van der Waals surface area contributed by atoms with Gasteiger partial charge in [-0.15, -0.1) is 0 Å². The molecule has 3 N–H and O–H groups in total. The number of amides is 1. The van der Waals surface area contributed by atoms with Crippen LogP contribution in [0, 0.1) is 0 Å². The van der Waals surface area contributed by atoms with Gasteiger partial charge in [0.1, 0.15) is 18.0 Å². The minimum Gasteiger partial charge on any atom is -0.492 e. The average molecular weight is 298 g/mol. The lowest BCUT2D eigenvalue weighted by Gasteiger charge is -2.19. The molecule has 118 valence electrons. The smallest absolute Gasteiger partial charge is 0.407 e. The number of aliphatic hydroxyl groups excluding tert-OH is 2. The molecule has 1 rings (SSSR count). The lowest BCUT2D eigenvalue weighted by Crippen LogP contribution is -2.34. The minimum absolute atomic E-state index is 0.235. The molecule has 0 atom stereocenters. The maximum absolute atomic E-state index is 11.4. The van der Waals surface area contributed by atoms with Crippen molar-refractivity contribution < 1.29 is 24.5 Å². The number of nitrogens with one attached hydrogen (secondary N) is 1. The maximum Gasteiger partial charge on any atom is 0.407 e. The van der Waals surface area contributed by atoms with Gasteiger partial charge in [0, 0.05) is 12.1 Å². The summed E-state index contributed by atoms with van der Waals surface area (Å²) in [7, 11) is 0. The average Bonchev–Trinajstić information content (AvgIpc) is 2.41. The van der Waals surface area contributed by atoms with Gasteiger partial charge in [0.25, 0.3) is 0 Å². The molecule has 0 spiro atoms. The van der Waals surface area contributed by atoms with E-state index < -0.39 is 11.7 Å². The first-order valence-corrected chi connectivity index (χ1v) is 6.65. The number of hydrogen-bond donors (Lipinski definition) is 3. The summed E-state index contributed by atoms with van der Waals surface area (Å²) < 4.78 is 10.5. The molecule has 0 saturated carbocycles. The van der Waals surface area contributed by atoms with Crippen molar-refractivity contribution in [3.05, 3.63) is 23.5 Å². The summed E-state index contributed by atoms with van der Waals surface area (Å²) in [4.78, 5) is 15.4. The SMILES string of the molecule is CC(C)(C)OC(=O)NCCOc1cc(CO)nc(CO)c1. The Kier molecular flexibility index (Phi) is 6.39. The van der Waals surface area contributed by atoms with Gasteiger partial charge in [-0.3, -0.25) is 4.98 Å². The first-order valence-electron chi connectivity index (χ1n) is 6.65. The van der Waals surface area contributed by atoms with Crippen LogP contribution in [0.1, 0.15) is 32.2 Å². The van der Waals surface area contributed by atoms with E-state index in [1.165, 1.54) is 0 Å². The molecule has 7 nitrogen and oxygen atoms in total. The van der Waals surface area contributed by atoms with Crippen molar-refractivity contribution in [2.24, 2.45) is 0 Å². The highest BCUT2D eigenvalue weighted by Crippen LogP contribution is 2.14. The van der Waals surface area contributed by atoms with Crippen LogP contribution in [0.2, 0.25) is 0 Å². The Labute approximate surface area is 123 Å². The summed E-state index contributed by atoms with van der Waals surface area (Å²) in [5, 5.41) is 20.7.